The number of guanidine groups is 1. The normalized spacial score (nSPS) is 11.9. The molecule has 0 radical (unpaired) electrons. The summed E-state index contributed by atoms with van der Waals surface area (Å²) in [5, 5.41) is 7.76. The van der Waals surface area contributed by atoms with Crippen LogP contribution in [0.5, 0.6) is 0 Å². The molecule has 0 bridgehead atoms. The van der Waals surface area contributed by atoms with Crippen LogP contribution >= 0.6 is 24.0 Å². The van der Waals surface area contributed by atoms with E-state index in [0.717, 1.165) is 35.7 Å². The van der Waals surface area contributed by atoms with Gasteiger partial charge in [-0.15, -0.1) is 24.0 Å². The van der Waals surface area contributed by atoms with Crippen LogP contribution in [0.1, 0.15) is 18.2 Å². The van der Waals surface area contributed by atoms with Crippen molar-refractivity contribution in [1.82, 2.24) is 15.6 Å². The minimum atomic E-state index is -3.15. The highest BCUT2D eigenvalue weighted by Gasteiger charge is 2.06. The van der Waals surface area contributed by atoms with E-state index in [0.29, 0.717) is 18.0 Å². The minimum absolute atomic E-state index is 0. The van der Waals surface area contributed by atoms with E-state index in [4.69, 9.17) is 0 Å². The van der Waals surface area contributed by atoms with E-state index < -0.39 is 9.84 Å². The highest BCUT2D eigenvalue weighted by atomic mass is 127. The molecule has 8 heteroatoms. The number of halogens is 1. The lowest BCUT2D eigenvalue weighted by Crippen LogP contribution is -2.38. The Balaban J connectivity index is 0.00000300. The molecular weight excluding hydrogens is 499 g/mol. The van der Waals surface area contributed by atoms with Crippen LogP contribution in [0.2, 0.25) is 0 Å². The fraction of sp³-hybridized carbons (Fsp3) is 0.286. The third kappa shape index (κ3) is 6.74. The summed E-state index contributed by atoms with van der Waals surface area (Å²) in [6.45, 7) is 4.08. The quantitative estimate of drug-likeness (QED) is 0.250. The minimum Gasteiger partial charge on any atom is -0.357 e. The molecule has 1 aromatic heterocycles. The van der Waals surface area contributed by atoms with Crippen LogP contribution in [-0.2, 0) is 22.8 Å². The number of hydrogen-bond acceptors (Lipinski definition) is 3. The zero-order valence-corrected chi connectivity index (χ0v) is 19.8. The van der Waals surface area contributed by atoms with Gasteiger partial charge in [0.25, 0.3) is 0 Å². The molecule has 3 aromatic rings. The largest absolute Gasteiger partial charge is 0.357 e. The van der Waals surface area contributed by atoms with Crippen molar-refractivity contribution in [3.05, 3.63) is 65.9 Å². The molecule has 0 unspecified atom stereocenters. The summed E-state index contributed by atoms with van der Waals surface area (Å²) in [5.74, 6) is 0.758. The second-order valence-electron chi connectivity index (χ2n) is 6.67. The fourth-order valence-electron chi connectivity index (χ4n) is 2.95. The maximum absolute atomic E-state index is 11.5. The maximum atomic E-state index is 11.5. The van der Waals surface area contributed by atoms with Crippen LogP contribution in [0.4, 0.5) is 0 Å². The third-order valence-corrected chi connectivity index (χ3v) is 5.52. The van der Waals surface area contributed by atoms with Gasteiger partial charge in [0.15, 0.2) is 15.8 Å². The first-order valence-electron chi connectivity index (χ1n) is 9.33. The monoisotopic (exact) mass is 526 g/mol. The molecular formula is C21H27IN4O2S. The Hall–Kier alpha value is -2.07. The van der Waals surface area contributed by atoms with Crippen LogP contribution in [0.25, 0.3) is 10.9 Å². The first-order chi connectivity index (χ1) is 13.5. The van der Waals surface area contributed by atoms with Crippen molar-refractivity contribution in [3.8, 4) is 0 Å². The molecule has 29 heavy (non-hydrogen) atoms. The molecule has 3 rings (SSSR count). The smallest absolute Gasteiger partial charge is 0.191 e. The summed E-state index contributed by atoms with van der Waals surface area (Å²) in [4.78, 5) is 8.37. The lowest BCUT2D eigenvalue weighted by atomic mass is 10.1. The topological polar surface area (TPSA) is 86.3 Å². The van der Waals surface area contributed by atoms with Gasteiger partial charge in [-0.05, 0) is 48.6 Å². The number of H-pyrrole nitrogens is 1. The predicted molar refractivity (Wildman–Crippen MR) is 130 cm³/mol. The number of aliphatic imine (C=N–C) groups is 1. The van der Waals surface area contributed by atoms with E-state index in [-0.39, 0.29) is 24.0 Å². The Morgan fingerprint density at radius 1 is 1.07 bits per heavy atom. The van der Waals surface area contributed by atoms with E-state index in [9.17, 15) is 8.42 Å². The van der Waals surface area contributed by atoms with Crippen molar-refractivity contribution in [2.45, 2.75) is 24.8 Å². The number of rotatable bonds is 7. The highest BCUT2D eigenvalue weighted by molar-refractivity contribution is 14.0. The second-order valence-corrected chi connectivity index (χ2v) is 8.69. The molecule has 0 saturated heterocycles. The molecule has 0 atom stereocenters. The number of para-hydroxylation sites is 1. The first-order valence-corrected chi connectivity index (χ1v) is 11.2. The summed E-state index contributed by atoms with van der Waals surface area (Å²) in [7, 11) is -3.15. The number of aromatic amines is 1. The number of hydrogen-bond donors (Lipinski definition) is 3. The van der Waals surface area contributed by atoms with Crippen LogP contribution in [0.3, 0.4) is 0 Å². The van der Waals surface area contributed by atoms with Crippen LogP contribution < -0.4 is 10.6 Å². The molecule has 3 N–H and O–H groups in total. The number of benzene rings is 2. The number of nitrogens with zero attached hydrogens (tertiary/aromatic N) is 1. The van der Waals surface area contributed by atoms with Gasteiger partial charge in [0.2, 0.25) is 0 Å². The molecule has 0 spiro atoms. The first kappa shape index (κ1) is 23.2. The maximum Gasteiger partial charge on any atom is 0.191 e. The number of nitrogens with one attached hydrogen (secondary N) is 3. The van der Waals surface area contributed by atoms with Crippen LogP contribution in [0.15, 0.2) is 64.5 Å². The van der Waals surface area contributed by atoms with Crippen molar-refractivity contribution in [2.75, 3.05) is 19.3 Å². The molecule has 0 saturated carbocycles. The molecule has 1 heterocycles. The van der Waals surface area contributed by atoms with E-state index in [1.54, 1.807) is 12.1 Å². The third-order valence-electron chi connectivity index (χ3n) is 4.40. The predicted octanol–water partition coefficient (Wildman–Crippen LogP) is 3.49. The van der Waals surface area contributed by atoms with E-state index in [1.165, 1.54) is 11.6 Å². The van der Waals surface area contributed by atoms with E-state index in [2.05, 4.69) is 38.8 Å². The zero-order valence-electron chi connectivity index (χ0n) is 16.6. The SMILES string of the molecule is CCNC(=NCc1cc2ccccc2[nH]1)NCCc1ccc(S(C)(=O)=O)cc1.I. The molecule has 0 amide bonds. The van der Waals surface area contributed by atoms with Crippen LogP contribution in [-0.4, -0.2) is 38.7 Å². The van der Waals surface area contributed by atoms with Gasteiger partial charge in [-0.25, -0.2) is 13.4 Å². The number of fused-ring (bicyclic) bond motifs is 1. The van der Waals surface area contributed by atoms with Crippen molar-refractivity contribution in [2.24, 2.45) is 4.99 Å². The summed E-state index contributed by atoms with van der Waals surface area (Å²) in [6, 6.07) is 17.3. The number of sulfone groups is 1. The second kappa shape index (κ2) is 10.6. The Kier molecular flexibility index (Phi) is 8.51. The Bertz CT molecular complexity index is 1030. The molecule has 0 aliphatic rings. The molecule has 6 nitrogen and oxygen atoms in total. The van der Waals surface area contributed by atoms with Gasteiger partial charge >= 0.3 is 0 Å². The van der Waals surface area contributed by atoms with Crippen molar-refractivity contribution < 1.29 is 8.42 Å². The lowest BCUT2D eigenvalue weighted by Gasteiger charge is -2.11. The van der Waals surface area contributed by atoms with E-state index in [1.807, 2.05) is 31.2 Å². The van der Waals surface area contributed by atoms with Gasteiger partial charge in [-0.3, -0.25) is 0 Å². The molecule has 2 aromatic carbocycles. The molecule has 0 aliphatic heterocycles. The van der Waals surface area contributed by atoms with Crippen molar-refractivity contribution in [1.29, 1.82) is 0 Å². The average molecular weight is 526 g/mol. The number of aromatic nitrogens is 1. The molecule has 0 fully saturated rings. The Morgan fingerprint density at radius 3 is 2.45 bits per heavy atom. The standard InChI is InChI=1S/C21H26N4O2S.HI/c1-3-22-21(24-15-18-14-17-6-4-5-7-20(17)25-18)23-13-12-16-8-10-19(11-9-16)28(2,26)27;/h4-11,14,25H,3,12-13,15H2,1-2H3,(H2,22,23,24);1H. The van der Waals surface area contributed by atoms with Gasteiger partial charge < -0.3 is 15.6 Å². The van der Waals surface area contributed by atoms with Gasteiger partial charge in [0.05, 0.1) is 11.4 Å². The van der Waals surface area contributed by atoms with Gasteiger partial charge in [-0.1, -0.05) is 30.3 Å². The average Bonchev–Trinajstić information content (AvgIpc) is 3.09. The molecule has 156 valence electrons. The lowest BCUT2D eigenvalue weighted by molar-refractivity contribution is 0.602. The van der Waals surface area contributed by atoms with Crippen molar-refractivity contribution >= 4 is 50.7 Å². The summed E-state index contributed by atoms with van der Waals surface area (Å²) in [5.41, 5.74) is 3.25. The van der Waals surface area contributed by atoms with Crippen LogP contribution in [0, 0.1) is 0 Å². The summed E-state index contributed by atoms with van der Waals surface area (Å²) in [6.07, 6.45) is 2.00. The van der Waals surface area contributed by atoms with Gasteiger partial charge in [-0.2, -0.15) is 0 Å². The van der Waals surface area contributed by atoms with Gasteiger partial charge in [0.1, 0.15) is 0 Å². The van der Waals surface area contributed by atoms with Gasteiger partial charge in [0, 0.05) is 30.6 Å². The fourth-order valence-corrected chi connectivity index (χ4v) is 3.58. The Labute approximate surface area is 189 Å². The summed E-state index contributed by atoms with van der Waals surface area (Å²) < 4.78 is 23.1. The Morgan fingerprint density at radius 2 is 1.79 bits per heavy atom. The summed E-state index contributed by atoms with van der Waals surface area (Å²) >= 11 is 0. The van der Waals surface area contributed by atoms with Crippen molar-refractivity contribution in [3.63, 3.8) is 0 Å². The van der Waals surface area contributed by atoms with E-state index >= 15 is 0 Å². The molecule has 0 aliphatic carbocycles. The zero-order chi connectivity index (χ0) is 20.0. The highest BCUT2D eigenvalue weighted by Crippen LogP contribution is 2.15.